The molecule has 1 fully saturated rings. The van der Waals surface area contributed by atoms with Crippen LogP contribution in [0.4, 0.5) is 0 Å². The number of methoxy groups -OCH3 is 1. The number of benzene rings is 1. The third-order valence-corrected chi connectivity index (χ3v) is 6.15. The first kappa shape index (κ1) is 21.1. The highest BCUT2D eigenvalue weighted by Crippen LogP contribution is 2.37. The highest BCUT2D eigenvalue weighted by molar-refractivity contribution is 6.35. The topological polar surface area (TPSA) is 66.0 Å². The highest BCUT2D eigenvalue weighted by Gasteiger charge is 2.43. The van der Waals surface area contributed by atoms with Crippen molar-refractivity contribution in [3.05, 3.63) is 65.6 Å². The zero-order chi connectivity index (χ0) is 22.0. The number of rotatable bonds is 6. The summed E-state index contributed by atoms with van der Waals surface area (Å²) in [4.78, 5) is 37.0. The van der Waals surface area contributed by atoms with Crippen molar-refractivity contribution in [2.24, 2.45) is 0 Å². The number of likely N-dealkylation sites (tertiary alicyclic amines) is 1. The molecule has 31 heavy (non-hydrogen) atoms. The quantitative estimate of drug-likeness (QED) is 0.669. The third kappa shape index (κ3) is 4.05. The molecule has 3 heterocycles. The number of hydrogen-bond acceptors (Lipinski definition) is 6. The number of amides is 2. The summed E-state index contributed by atoms with van der Waals surface area (Å²) in [6.45, 7) is 2.07. The van der Waals surface area contributed by atoms with E-state index in [-0.39, 0.29) is 24.4 Å². The Morgan fingerprint density at radius 1 is 1.06 bits per heavy atom. The molecule has 0 bridgehead atoms. The Bertz CT molecular complexity index is 997. The Hall–Kier alpha value is -3.19. The molecule has 7 heteroatoms. The van der Waals surface area contributed by atoms with Crippen LogP contribution in [0, 0.1) is 0 Å². The van der Waals surface area contributed by atoms with Gasteiger partial charge in [0.1, 0.15) is 11.4 Å². The number of aromatic nitrogens is 1. The molecule has 2 amide bonds. The van der Waals surface area contributed by atoms with E-state index < -0.39 is 0 Å². The van der Waals surface area contributed by atoms with Crippen molar-refractivity contribution >= 4 is 17.4 Å². The second-order valence-corrected chi connectivity index (χ2v) is 8.09. The summed E-state index contributed by atoms with van der Waals surface area (Å²) in [6.07, 6.45) is 3.55. The normalized spacial score (nSPS) is 18.1. The maximum absolute atomic E-state index is 13.6. The predicted molar refractivity (Wildman–Crippen MR) is 118 cm³/mol. The molecule has 0 N–H and O–H groups in total. The van der Waals surface area contributed by atoms with E-state index in [4.69, 9.17) is 4.74 Å². The van der Waals surface area contributed by atoms with Crippen LogP contribution < -0.4 is 4.74 Å². The van der Waals surface area contributed by atoms with Gasteiger partial charge in [-0.15, -0.1) is 0 Å². The van der Waals surface area contributed by atoms with Crippen LogP contribution in [0.5, 0.6) is 5.75 Å². The SMILES string of the molecule is COc1ccccc1C1=C(N(C)C2CCN(C)CC2)C(=O)N(Cc2ccccn2)C1=O. The average Bonchev–Trinajstić information content (AvgIpc) is 3.04. The third-order valence-electron chi connectivity index (χ3n) is 6.15. The van der Waals surface area contributed by atoms with Gasteiger partial charge in [-0.1, -0.05) is 24.3 Å². The van der Waals surface area contributed by atoms with Crippen molar-refractivity contribution in [2.75, 3.05) is 34.3 Å². The molecule has 2 aromatic rings. The Kier molecular flexibility index (Phi) is 6.04. The molecule has 2 aliphatic heterocycles. The van der Waals surface area contributed by atoms with E-state index in [9.17, 15) is 9.59 Å². The van der Waals surface area contributed by atoms with Crippen LogP contribution in [0.25, 0.3) is 5.57 Å². The largest absolute Gasteiger partial charge is 0.496 e. The molecule has 1 aromatic carbocycles. The zero-order valence-electron chi connectivity index (χ0n) is 18.2. The number of carbonyl (C=O) groups excluding carboxylic acids is 2. The van der Waals surface area contributed by atoms with E-state index in [0.717, 1.165) is 25.9 Å². The summed E-state index contributed by atoms with van der Waals surface area (Å²) in [5.41, 5.74) is 2.16. The lowest BCUT2D eigenvalue weighted by molar-refractivity contribution is -0.138. The van der Waals surface area contributed by atoms with Crippen LogP contribution in [0.1, 0.15) is 24.1 Å². The minimum Gasteiger partial charge on any atom is -0.496 e. The summed E-state index contributed by atoms with van der Waals surface area (Å²) >= 11 is 0. The zero-order valence-corrected chi connectivity index (χ0v) is 18.2. The molecule has 0 spiro atoms. The maximum atomic E-state index is 13.6. The fraction of sp³-hybridized carbons (Fsp3) is 0.375. The fourth-order valence-electron chi connectivity index (χ4n) is 4.35. The van der Waals surface area contributed by atoms with Gasteiger partial charge in [-0.3, -0.25) is 19.5 Å². The first-order valence-corrected chi connectivity index (χ1v) is 10.6. The van der Waals surface area contributed by atoms with E-state index in [1.165, 1.54) is 4.90 Å². The molecule has 0 atom stereocenters. The lowest BCUT2D eigenvalue weighted by Crippen LogP contribution is -2.43. The monoisotopic (exact) mass is 420 g/mol. The smallest absolute Gasteiger partial charge is 0.278 e. The molecular weight excluding hydrogens is 392 g/mol. The lowest BCUT2D eigenvalue weighted by atomic mass is 9.99. The van der Waals surface area contributed by atoms with Gasteiger partial charge in [0.05, 0.1) is 24.9 Å². The summed E-state index contributed by atoms with van der Waals surface area (Å²) in [5, 5.41) is 0. The number of imide groups is 1. The number of ether oxygens (including phenoxy) is 1. The van der Waals surface area contributed by atoms with Gasteiger partial charge in [-0.25, -0.2) is 0 Å². The average molecular weight is 421 g/mol. The number of carbonyl (C=O) groups is 2. The maximum Gasteiger partial charge on any atom is 0.278 e. The molecule has 0 aliphatic carbocycles. The summed E-state index contributed by atoms with van der Waals surface area (Å²) in [6, 6.07) is 13.1. The molecule has 0 unspecified atom stereocenters. The van der Waals surface area contributed by atoms with Crippen LogP contribution in [0.2, 0.25) is 0 Å². The van der Waals surface area contributed by atoms with Crippen LogP contribution in [-0.4, -0.2) is 71.8 Å². The van der Waals surface area contributed by atoms with Gasteiger partial charge in [-0.2, -0.15) is 0 Å². The van der Waals surface area contributed by atoms with Crippen molar-refractivity contribution in [1.29, 1.82) is 0 Å². The Morgan fingerprint density at radius 2 is 1.77 bits per heavy atom. The second-order valence-electron chi connectivity index (χ2n) is 8.09. The van der Waals surface area contributed by atoms with Gasteiger partial charge in [0.15, 0.2) is 0 Å². The van der Waals surface area contributed by atoms with Gasteiger partial charge < -0.3 is 14.5 Å². The van der Waals surface area contributed by atoms with E-state index in [0.29, 0.717) is 28.3 Å². The van der Waals surface area contributed by atoms with Gasteiger partial charge in [-0.05, 0) is 51.2 Å². The number of piperidine rings is 1. The lowest BCUT2D eigenvalue weighted by Gasteiger charge is -2.36. The molecule has 2 aliphatic rings. The first-order chi connectivity index (χ1) is 15.0. The van der Waals surface area contributed by atoms with Gasteiger partial charge >= 0.3 is 0 Å². The highest BCUT2D eigenvalue weighted by atomic mass is 16.5. The molecule has 1 saturated heterocycles. The number of pyridine rings is 1. The van der Waals surface area contributed by atoms with Gasteiger partial charge in [0, 0.05) is 24.8 Å². The summed E-state index contributed by atoms with van der Waals surface area (Å²) in [7, 11) is 5.61. The summed E-state index contributed by atoms with van der Waals surface area (Å²) < 4.78 is 5.53. The fourth-order valence-corrected chi connectivity index (χ4v) is 4.35. The molecule has 162 valence electrons. The number of nitrogens with zero attached hydrogens (tertiary/aromatic N) is 4. The Morgan fingerprint density at radius 3 is 2.45 bits per heavy atom. The van der Waals surface area contributed by atoms with Crippen LogP contribution >= 0.6 is 0 Å². The van der Waals surface area contributed by atoms with Gasteiger partial charge in [0.25, 0.3) is 11.8 Å². The van der Waals surface area contributed by atoms with Crippen molar-refractivity contribution in [3.63, 3.8) is 0 Å². The molecule has 4 rings (SSSR count). The number of likely N-dealkylation sites (N-methyl/N-ethyl adjacent to an activating group) is 1. The minimum atomic E-state index is -0.310. The van der Waals surface area contributed by atoms with E-state index in [1.54, 1.807) is 13.3 Å². The molecule has 0 saturated carbocycles. The van der Waals surface area contributed by atoms with Crippen LogP contribution in [0.15, 0.2) is 54.4 Å². The van der Waals surface area contributed by atoms with Gasteiger partial charge in [0.2, 0.25) is 0 Å². The van der Waals surface area contributed by atoms with Crippen LogP contribution in [0.3, 0.4) is 0 Å². The minimum absolute atomic E-state index is 0.141. The van der Waals surface area contributed by atoms with E-state index in [1.807, 2.05) is 54.4 Å². The second kappa shape index (κ2) is 8.89. The van der Waals surface area contributed by atoms with E-state index in [2.05, 4.69) is 16.9 Å². The van der Waals surface area contributed by atoms with Crippen molar-refractivity contribution in [3.8, 4) is 5.75 Å². The van der Waals surface area contributed by atoms with Crippen molar-refractivity contribution in [2.45, 2.75) is 25.4 Å². The Labute approximate surface area is 182 Å². The van der Waals surface area contributed by atoms with Crippen molar-refractivity contribution in [1.82, 2.24) is 19.7 Å². The molecule has 7 nitrogen and oxygen atoms in total. The van der Waals surface area contributed by atoms with Crippen molar-refractivity contribution < 1.29 is 14.3 Å². The summed E-state index contributed by atoms with van der Waals surface area (Å²) in [5.74, 6) is -0.0134. The molecule has 1 aromatic heterocycles. The number of para-hydroxylation sites is 1. The van der Waals surface area contributed by atoms with E-state index >= 15 is 0 Å². The number of hydrogen-bond donors (Lipinski definition) is 0. The standard InChI is InChI=1S/C24H28N4O3/c1-26-14-11-18(12-15-26)27(2)22-21(19-9-4-5-10-20(19)31-3)23(29)28(24(22)30)16-17-8-6-7-13-25-17/h4-10,13,18H,11-12,14-16H2,1-3H3. The predicted octanol–water partition coefficient (Wildman–Crippen LogP) is 2.40. The van der Waals surface area contributed by atoms with Crippen LogP contribution in [-0.2, 0) is 16.1 Å². The first-order valence-electron chi connectivity index (χ1n) is 10.6. The molecule has 0 radical (unpaired) electrons. The Balaban J connectivity index is 1.75. The molecular formula is C24H28N4O3.